The van der Waals surface area contributed by atoms with E-state index in [1.165, 1.54) is 0 Å². The molecule has 0 unspecified atom stereocenters. The largest absolute Gasteiger partial charge is 0.497 e. The van der Waals surface area contributed by atoms with Gasteiger partial charge in [-0.2, -0.15) is 0 Å². The van der Waals surface area contributed by atoms with Gasteiger partial charge in [0, 0.05) is 35.4 Å². The maximum absolute atomic E-state index is 13.5. The van der Waals surface area contributed by atoms with Crippen LogP contribution in [0.1, 0.15) is 16.1 Å². The van der Waals surface area contributed by atoms with Gasteiger partial charge in [-0.1, -0.05) is 29.8 Å². The molecule has 0 fully saturated rings. The van der Waals surface area contributed by atoms with Gasteiger partial charge in [0.05, 0.1) is 23.9 Å². The van der Waals surface area contributed by atoms with Crippen LogP contribution in [0.25, 0.3) is 16.6 Å². The molecule has 6 heteroatoms. The van der Waals surface area contributed by atoms with Crippen LogP contribution in [-0.4, -0.2) is 31.6 Å². The Labute approximate surface area is 197 Å². The second-order valence-corrected chi connectivity index (χ2v) is 8.30. The number of para-hydroxylation sites is 1. The average Bonchev–Trinajstić information content (AvgIpc) is 3.12. The fourth-order valence-electron chi connectivity index (χ4n) is 4.01. The summed E-state index contributed by atoms with van der Waals surface area (Å²) in [6.07, 6.45) is 2.05. The van der Waals surface area contributed by atoms with Crippen LogP contribution in [-0.2, 0) is 0 Å². The van der Waals surface area contributed by atoms with E-state index < -0.39 is 0 Å². The molecule has 4 aromatic rings. The standard InChI is InChI=1S/C27H22ClN3O2/c1-30(20-11-13-22(33-2)14-12-20)16-15-25-26-23(17-18-5-3-4-6-24(18)29-26)27(32)31(25)21-9-7-19(28)8-10-21/h3-15,17H,16H2,1-2H3/b25-15+. The van der Waals surface area contributed by atoms with Crippen molar-refractivity contribution in [2.45, 2.75) is 0 Å². The van der Waals surface area contributed by atoms with Gasteiger partial charge in [-0.3, -0.25) is 9.69 Å². The number of carbonyl (C=O) groups is 1. The molecule has 0 spiro atoms. The zero-order valence-corrected chi connectivity index (χ0v) is 19.1. The van der Waals surface area contributed by atoms with Crippen molar-refractivity contribution in [3.63, 3.8) is 0 Å². The number of hydrogen-bond donors (Lipinski definition) is 0. The highest BCUT2D eigenvalue weighted by Gasteiger charge is 2.35. The van der Waals surface area contributed by atoms with E-state index in [-0.39, 0.29) is 5.91 Å². The first-order chi connectivity index (χ1) is 16.0. The highest BCUT2D eigenvalue weighted by Crippen LogP contribution is 2.37. The Morgan fingerprint density at radius 2 is 1.76 bits per heavy atom. The van der Waals surface area contributed by atoms with Crippen LogP contribution in [0.15, 0.2) is 84.9 Å². The molecular formula is C27H22ClN3O2. The Morgan fingerprint density at radius 1 is 1.03 bits per heavy atom. The van der Waals surface area contributed by atoms with Gasteiger partial charge < -0.3 is 9.64 Å². The van der Waals surface area contributed by atoms with E-state index in [2.05, 4.69) is 4.90 Å². The highest BCUT2D eigenvalue weighted by atomic mass is 35.5. The van der Waals surface area contributed by atoms with Crippen molar-refractivity contribution in [1.29, 1.82) is 0 Å². The van der Waals surface area contributed by atoms with Gasteiger partial charge in [-0.25, -0.2) is 4.98 Å². The van der Waals surface area contributed by atoms with Crippen molar-refractivity contribution in [2.75, 3.05) is 30.5 Å². The van der Waals surface area contributed by atoms with E-state index in [1.807, 2.05) is 79.9 Å². The molecule has 164 valence electrons. The topological polar surface area (TPSA) is 45.7 Å². The van der Waals surface area contributed by atoms with Gasteiger partial charge >= 0.3 is 0 Å². The van der Waals surface area contributed by atoms with Gasteiger partial charge in [0.1, 0.15) is 11.4 Å². The van der Waals surface area contributed by atoms with Crippen LogP contribution >= 0.6 is 11.6 Å². The SMILES string of the molecule is COc1ccc(N(C)C/C=C2\c3nc4ccccc4cc3C(=O)N2c2ccc(Cl)cc2)cc1. The summed E-state index contributed by atoms with van der Waals surface area (Å²) in [6.45, 7) is 0.590. The number of likely N-dealkylation sites (N-methyl/N-ethyl adjacent to an activating group) is 1. The molecule has 0 bridgehead atoms. The lowest BCUT2D eigenvalue weighted by atomic mass is 10.1. The normalized spacial score (nSPS) is 14.1. The lowest BCUT2D eigenvalue weighted by molar-refractivity contribution is 0.101. The van der Waals surface area contributed by atoms with Crippen molar-refractivity contribution in [3.8, 4) is 5.75 Å². The molecule has 0 radical (unpaired) electrons. The number of benzene rings is 3. The molecule has 0 N–H and O–H groups in total. The summed E-state index contributed by atoms with van der Waals surface area (Å²) >= 11 is 6.10. The van der Waals surface area contributed by atoms with Gasteiger partial charge in [-0.15, -0.1) is 0 Å². The predicted octanol–water partition coefficient (Wildman–Crippen LogP) is 6.03. The highest BCUT2D eigenvalue weighted by molar-refractivity contribution is 6.30. The number of aromatic nitrogens is 1. The summed E-state index contributed by atoms with van der Waals surface area (Å²) in [5.74, 6) is 0.717. The fraction of sp³-hybridized carbons (Fsp3) is 0.111. The molecule has 2 heterocycles. The number of methoxy groups -OCH3 is 1. The molecule has 5 nitrogen and oxygen atoms in total. The Bertz CT molecular complexity index is 1360. The Morgan fingerprint density at radius 3 is 2.48 bits per heavy atom. The number of amides is 1. The Hall–Kier alpha value is -3.83. The van der Waals surface area contributed by atoms with Gasteiger partial charge in [0.2, 0.25) is 0 Å². The van der Waals surface area contributed by atoms with Crippen molar-refractivity contribution in [3.05, 3.63) is 101 Å². The maximum Gasteiger partial charge on any atom is 0.265 e. The molecule has 1 aromatic heterocycles. The number of nitrogens with zero attached hydrogens (tertiary/aromatic N) is 3. The first kappa shape index (κ1) is 21.0. The Balaban J connectivity index is 1.57. The smallest absolute Gasteiger partial charge is 0.265 e. The summed E-state index contributed by atoms with van der Waals surface area (Å²) in [7, 11) is 3.66. The van der Waals surface area contributed by atoms with Crippen molar-refractivity contribution in [2.24, 2.45) is 0 Å². The van der Waals surface area contributed by atoms with Crippen LogP contribution < -0.4 is 14.5 Å². The lowest BCUT2D eigenvalue weighted by Gasteiger charge is -2.21. The predicted molar refractivity (Wildman–Crippen MR) is 134 cm³/mol. The van der Waals surface area contributed by atoms with Crippen LogP contribution in [0.2, 0.25) is 5.02 Å². The van der Waals surface area contributed by atoms with Crippen LogP contribution in [0.3, 0.4) is 0 Å². The van der Waals surface area contributed by atoms with E-state index in [0.717, 1.165) is 33.7 Å². The fourth-order valence-corrected chi connectivity index (χ4v) is 4.14. The number of carbonyl (C=O) groups excluding carboxylic acids is 1. The number of ether oxygens (including phenoxy) is 1. The number of fused-ring (bicyclic) bond motifs is 2. The molecule has 0 saturated heterocycles. The molecule has 1 amide bonds. The van der Waals surface area contributed by atoms with Gasteiger partial charge in [-0.05, 0) is 66.7 Å². The van der Waals surface area contributed by atoms with Crippen LogP contribution in [0.5, 0.6) is 5.75 Å². The van der Waals surface area contributed by atoms with E-state index >= 15 is 0 Å². The third-order valence-corrected chi connectivity index (χ3v) is 6.05. The molecule has 3 aromatic carbocycles. The molecule has 33 heavy (non-hydrogen) atoms. The number of anilines is 2. The number of halogens is 1. The quantitative estimate of drug-likeness (QED) is 0.368. The molecule has 0 aliphatic carbocycles. The van der Waals surface area contributed by atoms with E-state index in [1.54, 1.807) is 24.1 Å². The summed E-state index contributed by atoms with van der Waals surface area (Å²) < 4.78 is 5.26. The van der Waals surface area contributed by atoms with Crippen molar-refractivity contribution >= 4 is 45.5 Å². The minimum absolute atomic E-state index is 0.0936. The number of pyridine rings is 1. The summed E-state index contributed by atoms with van der Waals surface area (Å²) in [6, 6.07) is 24.9. The molecule has 0 atom stereocenters. The van der Waals surface area contributed by atoms with E-state index in [4.69, 9.17) is 21.3 Å². The molecular weight excluding hydrogens is 434 g/mol. The summed E-state index contributed by atoms with van der Waals surface area (Å²) in [5, 5.41) is 1.56. The van der Waals surface area contributed by atoms with Gasteiger partial charge in [0.15, 0.2) is 0 Å². The summed E-state index contributed by atoms with van der Waals surface area (Å²) in [4.78, 5) is 22.2. The van der Waals surface area contributed by atoms with E-state index in [0.29, 0.717) is 22.8 Å². The second-order valence-electron chi connectivity index (χ2n) is 7.86. The monoisotopic (exact) mass is 455 g/mol. The van der Waals surface area contributed by atoms with Crippen molar-refractivity contribution in [1.82, 2.24) is 4.98 Å². The minimum Gasteiger partial charge on any atom is -0.497 e. The molecule has 1 aliphatic heterocycles. The number of hydrogen-bond acceptors (Lipinski definition) is 4. The molecule has 5 rings (SSSR count). The number of rotatable bonds is 5. The van der Waals surface area contributed by atoms with E-state index in [9.17, 15) is 4.79 Å². The zero-order chi connectivity index (χ0) is 22.9. The average molecular weight is 456 g/mol. The molecule has 0 saturated carbocycles. The maximum atomic E-state index is 13.5. The third-order valence-electron chi connectivity index (χ3n) is 5.80. The van der Waals surface area contributed by atoms with Crippen molar-refractivity contribution < 1.29 is 9.53 Å². The van der Waals surface area contributed by atoms with Crippen LogP contribution in [0.4, 0.5) is 11.4 Å². The van der Waals surface area contributed by atoms with Gasteiger partial charge in [0.25, 0.3) is 5.91 Å². The molecule has 1 aliphatic rings. The lowest BCUT2D eigenvalue weighted by Crippen LogP contribution is -2.24. The summed E-state index contributed by atoms with van der Waals surface area (Å²) in [5.41, 5.74) is 4.71. The Kier molecular flexibility index (Phi) is 5.48. The minimum atomic E-state index is -0.0936. The zero-order valence-electron chi connectivity index (χ0n) is 18.3. The third kappa shape index (κ3) is 3.92. The van der Waals surface area contributed by atoms with Crippen LogP contribution in [0, 0.1) is 0 Å². The first-order valence-electron chi connectivity index (χ1n) is 10.6. The second kappa shape index (κ2) is 8.60. The first-order valence-corrected chi connectivity index (χ1v) is 11.0.